The second-order valence-corrected chi connectivity index (χ2v) is 5.85. The van der Waals surface area contributed by atoms with Crippen LogP contribution in [0, 0.1) is 6.92 Å². The summed E-state index contributed by atoms with van der Waals surface area (Å²) in [5.41, 5.74) is 3.26. The van der Waals surface area contributed by atoms with Gasteiger partial charge in [0.25, 0.3) is 0 Å². The zero-order chi connectivity index (χ0) is 14.5. The van der Waals surface area contributed by atoms with Crippen LogP contribution in [0.25, 0.3) is 10.9 Å². The molecule has 0 aliphatic rings. The van der Waals surface area contributed by atoms with Gasteiger partial charge in [-0.05, 0) is 31.4 Å². The number of benzene rings is 1. The fourth-order valence-corrected chi connectivity index (χ4v) is 3.51. The molecule has 0 unspecified atom stereocenters. The van der Waals surface area contributed by atoms with Gasteiger partial charge >= 0.3 is 0 Å². The van der Waals surface area contributed by atoms with Crippen LogP contribution in [0.5, 0.6) is 0 Å². The van der Waals surface area contributed by atoms with E-state index in [2.05, 4.69) is 18.0 Å². The minimum Gasteiger partial charge on any atom is -0.550 e. The van der Waals surface area contributed by atoms with Crippen LogP contribution >= 0.6 is 11.8 Å². The van der Waals surface area contributed by atoms with Crippen molar-refractivity contribution in [2.45, 2.75) is 38.0 Å². The summed E-state index contributed by atoms with van der Waals surface area (Å²) >= 11 is 1.60. The number of carboxylic acids is 1. The Hall–Kier alpha value is -1.55. The van der Waals surface area contributed by atoms with Crippen molar-refractivity contribution in [3.05, 3.63) is 35.5 Å². The zero-order valence-corrected chi connectivity index (χ0v) is 12.6. The lowest BCUT2D eigenvalue weighted by Gasteiger charge is -2.14. The molecule has 1 aromatic carbocycles. The van der Waals surface area contributed by atoms with Crippen molar-refractivity contribution in [3.63, 3.8) is 0 Å². The Morgan fingerprint density at radius 2 is 2.10 bits per heavy atom. The van der Waals surface area contributed by atoms with E-state index in [4.69, 9.17) is 0 Å². The van der Waals surface area contributed by atoms with Gasteiger partial charge in [0.2, 0.25) is 0 Å². The number of carboxylic acid groups (broad SMARTS) is 1. The molecule has 2 aromatic rings. The SMILES string of the molecule is CCCc1c(C)nc2ccccc2c1SCCC(=O)[O-]. The van der Waals surface area contributed by atoms with Gasteiger partial charge in [-0.25, -0.2) is 0 Å². The molecule has 0 aliphatic heterocycles. The second kappa shape index (κ2) is 6.75. The molecular weight excluding hydrogens is 270 g/mol. The molecule has 0 N–H and O–H groups in total. The van der Waals surface area contributed by atoms with Gasteiger partial charge in [0.1, 0.15) is 0 Å². The van der Waals surface area contributed by atoms with Gasteiger partial charge in [0.15, 0.2) is 0 Å². The van der Waals surface area contributed by atoms with E-state index in [0.29, 0.717) is 5.75 Å². The Bertz CT molecular complexity index is 625. The van der Waals surface area contributed by atoms with Crippen LogP contribution in [-0.4, -0.2) is 16.7 Å². The predicted octanol–water partition coefficient (Wildman–Crippen LogP) is 2.73. The molecule has 1 heterocycles. The van der Waals surface area contributed by atoms with Crippen LogP contribution in [0.2, 0.25) is 0 Å². The molecule has 0 spiro atoms. The molecule has 0 amide bonds. The van der Waals surface area contributed by atoms with Crippen molar-refractivity contribution >= 4 is 28.6 Å². The van der Waals surface area contributed by atoms with Gasteiger partial charge in [-0.1, -0.05) is 31.5 Å². The van der Waals surface area contributed by atoms with E-state index in [1.807, 2.05) is 25.1 Å². The maximum Gasteiger partial charge on any atom is 0.0716 e. The minimum atomic E-state index is -0.996. The Morgan fingerprint density at radius 1 is 1.35 bits per heavy atom. The molecule has 0 saturated carbocycles. The highest BCUT2D eigenvalue weighted by molar-refractivity contribution is 7.99. The van der Waals surface area contributed by atoms with Crippen molar-refractivity contribution in [1.82, 2.24) is 4.98 Å². The topological polar surface area (TPSA) is 53.0 Å². The van der Waals surface area contributed by atoms with Crippen LogP contribution in [0.1, 0.15) is 31.0 Å². The van der Waals surface area contributed by atoms with Crippen molar-refractivity contribution in [3.8, 4) is 0 Å². The fourth-order valence-electron chi connectivity index (χ4n) is 2.28. The lowest BCUT2D eigenvalue weighted by molar-refractivity contribution is -0.305. The van der Waals surface area contributed by atoms with Crippen molar-refractivity contribution in [2.75, 3.05) is 5.75 Å². The summed E-state index contributed by atoms with van der Waals surface area (Å²) in [5.74, 6) is -0.461. The Kier molecular flexibility index (Phi) is 5.01. The number of para-hydroxylation sites is 1. The highest BCUT2D eigenvalue weighted by atomic mass is 32.2. The number of aromatic nitrogens is 1. The number of fused-ring (bicyclic) bond motifs is 1. The number of hydrogen-bond acceptors (Lipinski definition) is 4. The highest BCUT2D eigenvalue weighted by Crippen LogP contribution is 2.33. The predicted molar refractivity (Wildman–Crippen MR) is 80.8 cm³/mol. The van der Waals surface area contributed by atoms with Crippen LogP contribution in [-0.2, 0) is 11.2 Å². The Balaban J connectivity index is 2.45. The normalized spacial score (nSPS) is 10.9. The number of rotatable bonds is 6. The fraction of sp³-hybridized carbons (Fsp3) is 0.375. The third kappa shape index (κ3) is 3.31. The second-order valence-electron chi connectivity index (χ2n) is 4.74. The number of pyridine rings is 1. The maximum atomic E-state index is 10.6. The molecule has 106 valence electrons. The average Bonchev–Trinajstić information content (AvgIpc) is 2.41. The van der Waals surface area contributed by atoms with E-state index in [0.717, 1.165) is 29.4 Å². The number of nitrogens with zero attached hydrogens (tertiary/aromatic N) is 1. The van der Waals surface area contributed by atoms with Gasteiger partial charge in [0, 0.05) is 27.7 Å². The largest absolute Gasteiger partial charge is 0.550 e. The Labute approximate surface area is 123 Å². The first-order valence-corrected chi connectivity index (χ1v) is 7.83. The van der Waals surface area contributed by atoms with Gasteiger partial charge in [-0.2, -0.15) is 0 Å². The standard InChI is InChI=1S/C16H19NO2S/c1-3-6-12-11(2)17-14-8-5-4-7-13(14)16(12)20-10-9-15(18)19/h4-5,7-8H,3,6,9-10H2,1-2H3,(H,18,19)/p-1. The molecule has 0 atom stereocenters. The summed E-state index contributed by atoms with van der Waals surface area (Å²) < 4.78 is 0. The average molecular weight is 288 g/mol. The van der Waals surface area contributed by atoms with Crippen molar-refractivity contribution in [2.24, 2.45) is 0 Å². The lowest BCUT2D eigenvalue weighted by Crippen LogP contribution is -2.22. The third-order valence-electron chi connectivity index (χ3n) is 3.20. The minimum absolute atomic E-state index is 0.0753. The first kappa shape index (κ1) is 14.9. The van der Waals surface area contributed by atoms with E-state index < -0.39 is 5.97 Å². The van der Waals surface area contributed by atoms with Gasteiger partial charge in [-0.15, -0.1) is 11.8 Å². The monoisotopic (exact) mass is 288 g/mol. The van der Waals surface area contributed by atoms with Gasteiger partial charge < -0.3 is 9.90 Å². The molecule has 0 aliphatic carbocycles. The Morgan fingerprint density at radius 3 is 2.80 bits per heavy atom. The summed E-state index contributed by atoms with van der Waals surface area (Å²) in [6.07, 6.45) is 2.10. The van der Waals surface area contributed by atoms with E-state index in [1.165, 1.54) is 10.5 Å². The number of carbonyl (C=O) groups is 1. The molecule has 3 nitrogen and oxygen atoms in total. The summed E-state index contributed by atoms with van der Waals surface area (Å²) in [6, 6.07) is 8.03. The third-order valence-corrected chi connectivity index (χ3v) is 4.36. The van der Waals surface area contributed by atoms with Crippen molar-refractivity contribution in [1.29, 1.82) is 0 Å². The molecule has 1 aromatic heterocycles. The van der Waals surface area contributed by atoms with Gasteiger partial charge in [0.05, 0.1) is 5.52 Å². The number of hydrogen-bond donors (Lipinski definition) is 0. The van der Waals surface area contributed by atoms with E-state index in [9.17, 15) is 9.90 Å². The first-order valence-electron chi connectivity index (χ1n) is 6.84. The molecule has 4 heteroatoms. The summed E-state index contributed by atoms with van der Waals surface area (Å²) in [6.45, 7) is 4.17. The smallest absolute Gasteiger partial charge is 0.0716 e. The number of aliphatic carboxylic acids is 1. The summed E-state index contributed by atoms with van der Waals surface area (Å²) in [5, 5.41) is 11.7. The maximum absolute atomic E-state index is 10.6. The lowest BCUT2D eigenvalue weighted by atomic mass is 10.1. The number of thioether (sulfide) groups is 1. The van der Waals surface area contributed by atoms with Crippen LogP contribution in [0.15, 0.2) is 29.2 Å². The van der Waals surface area contributed by atoms with Crippen LogP contribution in [0.3, 0.4) is 0 Å². The van der Waals surface area contributed by atoms with Gasteiger partial charge in [-0.3, -0.25) is 4.98 Å². The van der Waals surface area contributed by atoms with Crippen LogP contribution in [0.4, 0.5) is 0 Å². The molecule has 0 radical (unpaired) electrons. The van der Waals surface area contributed by atoms with E-state index in [-0.39, 0.29) is 6.42 Å². The molecule has 20 heavy (non-hydrogen) atoms. The zero-order valence-electron chi connectivity index (χ0n) is 11.8. The quantitative estimate of drug-likeness (QED) is 0.767. The van der Waals surface area contributed by atoms with Crippen molar-refractivity contribution < 1.29 is 9.90 Å². The number of carbonyl (C=O) groups excluding carboxylic acids is 1. The molecule has 0 bridgehead atoms. The molecule has 0 fully saturated rings. The molecule has 2 rings (SSSR count). The summed E-state index contributed by atoms with van der Waals surface area (Å²) in [4.78, 5) is 16.4. The number of aryl methyl sites for hydroxylation is 1. The first-order chi connectivity index (χ1) is 9.63. The molecular formula is C16H18NO2S-. The highest BCUT2D eigenvalue weighted by Gasteiger charge is 2.12. The van der Waals surface area contributed by atoms with E-state index >= 15 is 0 Å². The van der Waals surface area contributed by atoms with Crippen LogP contribution < -0.4 is 5.11 Å². The summed E-state index contributed by atoms with van der Waals surface area (Å²) in [7, 11) is 0. The molecule has 0 saturated heterocycles. The van der Waals surface area contributed by atoms with E-state index in [1.54, 1.807) is 11.8 Å².